The smallest absolute Gasteiger partial charge is 0.164 e. The summed E-state index contributed by atoms with van der Waals surface area (Å²) < 4.78 is 7.31. The molecule has 0 aliphatic rings. The lowest BCUT2D eigenvalue weighted by Gasteiger charge is -2.17. The molecule has 14 rings (SSSR count). The van der Waals surface area contributed by atoms with Crippen molar-refractivity contribution in [2.24, 2.45) is 0 Å². The maximum absolute atomic E-state index is 5.46. The predicted octanol–water partition coefficient (Wildman–Crippen LogP) is 16.3. The van der Waals surface area contributed by atoms with Gasteiger partial charge in [0.15, 0.2) is 17.5 Å². The lowest BCUT2D eigenvalue weighted by Crippen LogP contribution is -2.02. The summed E-state index contributed by atoms with van der Waals surface area (Å²) in [4.78, 5) is 16.1. The van der Waals surface area contributed by atoms with Gasteiger partial charge in [0.05, 0.1) is 27.8 Å². The summed E-state index contributed by atoms with van der Waals surface area (Å²) in [5, 5.41) is 9.63. The zero-order valence-electron chi connectivity index (χ0n) is 36.0. The first-order valence-corrected chi connectivity index (χ1v) is 23.4. The number of nitrogens with zero attached hydrogens (tertiary/aromatic N) is 5. The van der Waals surface area contributed by atoms with Gasteiger partial charge < -0.3 is 9.13 Å². The first kappa shape index (κ1) is 37.6. The van der Waals surface area contributed by atoms with Crippen LogP contribution in [0.1, 0.15) is 0 Å². The van der Waals surface area contributed by atoms with Gasteiger partial charge in [-0.25, -0.2) is 15.0 Å². The van der Waals surface area contributed by atoms with E-state index in [-0.39, 0.29) is 0 Å². The molecule has 0 N–H and O–H groups in total. The fourth-order valence-electron chi connectivity index (χ4n) is 10.4. The van der Waals surface area contributed by atoms with Crippen molar-refractivity contribution in [2.75, 3.05) is 0 Å². The number of aromatic nitrogens is 5. The molecule has 6 heteroatoms. The second kappa shape index (κ2) is 14.9. The number of thiophene rings is 1. The normalized spacial score (nSPS) is 11.9. The topological polar surface area (TPSA) is 48.5 Å². The lowest BCUT2D eigenvalue weighted by molar-refractivity contribution is 1.07. The number of rotatable bonds is 6. The van der Waals surface area contributed by atoms with Gasteiger partial charge in [-0.05, 0) is 77.5 Å². The molecule has 0 radical (unpaired) electrons. The zero-order chi connectivity index (χ0) is 44.0. The van der Waals surface area contributed by atoms with Crippen molar-refractivity contribution in [3.63, 3.8) is 0 Å². The molecule has 0 aliphatic carbocycles. The molecule has 0 unspecified atom stereocenters. The van der Waals surface area contributed by atoms with Gasteiger partial charge in [-0.1, -0.05) is 158 Å². The summed E-state index contributed by atoms with van der Waals surface area (Å²) in [6.45, 7) is 0. The number of benzene rings is 10. The maximum Gasteiger partial charge on any atom is 0.164 e. The maximum atomic E-state index is 5.46. The SMILES string of the molecule is c1ccc(-c2nc(-c3ccc(-n4c5ccccc5c5cc6ccccc6cc54)c(-c4cccc5c4sc4ccccc45)c3)nc(-c3cccc4c3c3ccccc3n4-c3ccccc3)n2)cc1. The van der Waals surface area contributed by atoms with Crippen LogP contribution in [0.3, 0.4) is 0 Å². The van der Waals surface area contributed by atoms with E-state index in [0.29, 0.717) is 17.5 Å². The van der Waals surface area contributed by atoms with Crippen molar-refractivity contribution in [1.29, 1.82) is 0 Å². The van der Waals surface area contributed by atoms with Gasteiger partial charge in [0, 0.05) is 75.2 Å². The monoisotopic (exact) mass is 871 g/mol. The molecule has 0 spiro atoms. The first-order valence-electron chi connectivity index (χ1n) is 22.6. The minimum absolute atomic E-state index is 0.609. The van der Waals surface area contributed by atoms with Crippen LogP contribution in [0.4, 0.5) is 0 Å². The van der Waals surface area contributed by atoms with E-state index in [1.54, 1.807) is 0 Å². The zero-order valence-corrected chi connectivity index (χ0v) is 36.8. The van der Waals surface area contributed by atoms with Crippen LogP contribution >= 0.6 is 11.3 Å². The van der Waals surface area contributed by atoms with Crippen LogP contribution in [0.25, 0.3) is 131 Å². The van der Waals surface area contributed by atoms with E-state index in [2.05, 4.69) is 215 Å². The summed E-state index contributed by atoms with van der Waals surface area (Å²) in [6, 6.07) is 80.3. The molecule has 0 fully saturated rings. The Labute approximate surface area is 389 Å². The van der Waals surface area contributed by atoms with Crippen LogP contribution in [0.5, 0.6) is 0 Å². The Morgan fingerprint density at radius 1 is 0.328 bits per heavy atom. The van der Waals surface area contributed by atoms with Crippen LogP contribution < -0.4 is 0 Å². The minimum Gasteiger partial charge on any atom is -0.309 e. The molecule has 14 aromatic rings. The second-order valence-corrected chi connectivity index (χ2v) is 18.2. The molecule has 0 saturated heterocycles. The quantitative estimate of drug-likeness (QED) is 0.167. The number of para-hydroxylation sites is 3. The average Bonchev–Trinajstić information content (AvgIpc) is 4.06. The Hall–Kier alpha value is -8.71. The Morgan fingerprint density at radius 3 is 1.75 bits per heavy atom. The van der Waals surface area contributed by atoms with Gasteiger partial charge >= 0.3 is 0 Å². The first-order chi connectivity index (χ1) is 33.2. The molecule has 312 valence electrons. The highest BCUT2D eigenvalue weighted by molar-refractivity contribution is 7.26. The summed E-state index contributed by atoms with van der Waals surface area (Å²) in [6.07, 6.45) is 0. The van der Waals surface area contributed by atoms with Crippen molar-refractivity contribution in [3.05, 3.63) is 224 Å². The van der Waals surface area contributed by atoms with Crippen molar-refractivity contribution in [3.8, 4) is 56.7 Å². The lowest BCUT2D eigenvalue weighted by atomic mass is 9.98. The van der Waals surface area contributed by atoms with Crippen molar-refractivity contribution in [1.82, 2.24) is 24.1 Å². The molecule has 5 nitrogen and oxygen atoms in total. The summed E-state index contributed by atoms with van der Waals surface area (Å²) in [7, 11) is 0. The average molecular weight is 872 g/mol. The second-order valence-electron chi connectivity index (χ2n) is 17.1. The summed E-state index contributed by atoms with van der Waals surface area (Å²) >= 11 is 1.85. The van der Waals surface area contributed by atoms with Gasteiger partial charge in [-0.3, -0.25) is 0 Å². The number of hydrogen-bond donors (Lipinski definition) is 0. The van der Waals surface area contributed by atoms with Gasteiger partial charge in [-0.15, -0.1) is 11.3 Å². The number of fused-ring (bicyclic) bond motifs is 10. The molecule has 0 bridgehead atoms. The van der Waals surface area contributed by atoms with Crippen LogP contribution in [0, 0.1) is 0 Å². The Morgan fingerprint density at radius 2 is 0.925 bits per heavy atom. The van der Waals surface area contributed by atoms with E-state index < -0.39 is 0 Å². The molecule has 0 saturated carbocycles. The minimum atomic E-state index is 0.609. The van der Waals surface area contributed by atoms with E-state index in [0.717, 1.165) is 66.5 Å². The molecule has 0 aliphatic heterocycles. The van der Waals surface area contributed by atoms with Gasteiger partial charge in [-0.2, -0.15) is 0 Å². The fraction of sp³-hybridized carbons (Fsp3) is 0. The molecule has 4 heterocycles. The van der Waals surface area contributed by atoms with Gasteiger partial charge in [0.1, 0.15) is 0 Å². The summed E-state index contributed by atoms with van der Waals surface area (Å²) in [5.41, 5.74) is 11.8. The predicted molar refractivity (Wildman–Crippen MR) is 281 cm³/mol. The highest BCUT2D eigenvalue weighted by Gasteiger charge is 2.23. The standard InChI is InChI=1S/C61H37N5S/c1-3-17-38(18-4-1)59-62-60(64-61(63-59)48-28-16-31-54-57(48)47-25-10-13-30-52(47)65(54)42-21-5-2-6-22-42)41-33-34-53(50(36-41)46-27-15-26-45-44-24-11-14-32-56(44)67-58(45)46)66-51-29-12-9-23-43(51)49-35-39-19-7-8-20-40(39)37-55(49)66/h1-37H. The number of hydrogen-bond acceptors (Lipinski definition) is 4. The van der Waals surface area contributed by atoms with E-state index in [4.69, 9.17) is 15.0 Å². The molecular weight excluding hydrogens is 835 g/mol. The highest BCUT2D eigenvalue weighted by atomic mass is 32.1. The highest BCUT2D eigenvalue weighted by Crippen LogP contribution is 2.45. The van der Waals surface area contributed by atoms with Crippen molar-refractivity contribution < 1.29 is 0 Å². The largest absolute Gasteiger partial charge is 0.309 e. The van der Waals surface area contributed by atoms with Crippen LogP contribution in [0.2, 0.25) is 0 Å². The van der Waals surface area contributed by atoms with E-state index in [1.165, 1.54) is 47.3 Å². The van der Waals surface area contributed by atoms with E-state index in [1.807, 2.05) is 29.5 Å². The van der Waals surface area contributed by atoms with Crippen molar-refractivity contribution in [2.45, 2.75) is 0 Å². The third-order valence-electron chi connectivity index (χ3n) is 13.4. The van der Waals surface area contributed by atoms with Crippen LogP contribution in [-0.2, 0) is 0 Å². The van der Waals surface area contributed by atoms with Gasteiger partial charge in [0.25, 0.3) is 0 Å². The van der Waals surface area contributed by atoms with Crippen LogP contribution in [0.15, 0.2) is 224 Å². The third kappa shape index (κ3) is 5.90. The Balaban J connectivity index is 1.06. The van der Waals surface area contributed by atoms with E-state index in [9.17, 15) is 0 Å². The molecule has 67 heavy (non-hydrogen) atoms. The molecule has 0 atom stereocenters. The molecule has 0 amide bonds. The molecular formula is C61H37N5S. The Bertz CT molecular complexity index is 4280. The molecule has 4 aromatic heterocycles. The van der Waals surface area contributed by atoms with E-state index >= 15 is 0 Å². The Kier molecular flexibility index (Phi) is 8.38. The molecule has 10 aromatic carbocycles. The van der Waals surface area contributed by atoms with Gasteiger partial charge in [0.2, 0.25) is 0 Å². The third-order valence-corrected chi connectivity index (χ3v) is 14.6. The van der Waals surface area contributed by atoms with Crippen LogP contribution in [-0.4, -0.2) is 24.1 Å². The summed E-state index contributed by atoms with van der Waals surface area (Å²) in [5.74, 6) is 1.85. The van der Waals surface area contributed by atoms with Crippen molar-refractivity contribution >= 4 is 85.9 Å². The fourth-order valence-corrected chi connectivity index (χ4v) is 11.6.